The molecule has 0 unspecified atom stereocenters. The van der Waals surface area contributed by atoms with Crippen LogP contribution in [0.1, 0.15) is 33.6 Å². The van der Waals surface area contributed by atoms with E-state index in [4.69, 9.17) is 0 Å². The van der Waals surface area contributed by atoms with E-state index in [1.54, 1.807) is 0 Å². The van der Waals surface area contributed by atoms with Gasteiger partial charge in [-0.25, -0.2) is 0 Å². The van der Waals surface area contributed by atoms with E-state index in [2.05, 4.69) is 67.1 Å². The van der Waals surface area contributed by atoms with E-state index < -0.39 is 0 Å². The summed E-state index contributed by atoms with van der Waals surface area (Å²) in [7, 11) is 0. The highest BCUT2D eigenvalue weighted by atomic mass is 16.1. The Kier molecular flexibility index (Phi) is 4.37. The highest BCUT2D eigenvalue weighted by Gasteiger charge is 2.15. The largest absolute Gasteiger partial charge is 0.341 e. The fourth-order valence-corrected chi connectivity index (χ4v) is 3.38. The van der Waals surface area contributed by atoms with E-state index in [0.717, 1.165) is 25.1 Å². The van der Waals surface area contributed by atoms with Gasteiger partial charge in [0.05, 0.1) is 0 Å². The summed E-state index contributed by atoms with van der Waals surface area (Å²) in [5.74, 6) is 0.205. The maximum atomic E-state index is 12.3. The molecule has 1 heterocycles. The van der Waals surface area contributed by atoms with Gasteiger partial charge < -0.3 is 9.88 Å². The zero-order chi connectivity index (χ0) is 16.4. The van der Waals surface area contributed by atoms with Gasteiger partial charge in [-0.1, -0.05) is 32.0 Å². The van der Waals surface area contributed by atoms with Gasteiger partial charge in [0.1, 0.15) is 0 Å². The number of hydrogen-bond donors (Lipinski definition) is 1. The van der Waals surface area contributed by atoms with Crippen molar-refractivity contribution in [3.05, 3.63) is 42.5 Å². The van der Waals surface area contributed by atoms with E-state index in [-0.39, 0.29) is 11.8 Å². The highest BCUT2D eigenvalue weighted by Crippen LogP contribution is 2.31. The maximum absolute atomic E-state index is 12.3. The normalized spacial score (nSPS) is 11.5. The van der Waals surface area contributed by atoms with Crippen LogP contribution in [0.4, 0.5) is 5.69 Å². The predicted octanol–water partition coefficient (Wildman–Crippen LogP) is 5.19. The molecule has 0 aliphatic rings. The molecule has 0 aliphatic heterocycles. The molecule has 2 aromatic carbocycles. The van der Waals surface area contributed by atoms with Gasteiger partial charge in [0.15, 0.2) is 0 Å². The van der Waals surface area contributed by atoms with E-state index in [0.29, 0.717) is 0 Å². The summed E-state index contributed by atoms with van der Waals surface area (Å²) in [5, 5.41) is 5.52. The molecule has 0 aliphatic carbocycles. The molecular weight excluding hydrogens is 284 g/mol. The first-order valence-corrected chi connectivity index (χ1v) is 8.51. The van der Waals surface area contributed by atoms with Crippen molar-refractivity contribution in [2.24, 2.45) is 5.92 Å². The standard InChI is InChI=1S/C20H24N2O/c1-4-14(5-2)20(23)21-15-11-12-19-17(13-15)16-9-7-8-10-18(16)22(19)6-3/h7-14H,4-6H2,1-3H3,(H,21,23). The van der Waals surface area contributed by atoms with Crippen LogP contribution in [0.15, 0.2) is 42.5 Å². The minimum atomic E-state index is 0.0858. The zero-order valence-electron chi connectivity index (χ0n) is 14.1. The van der Waals surface area contributed by atoms with Gasteiger partial charge >= 0.3 is 0 Å². The Morgan fingerprint density at radius 2 is 1.70 bits per heavy atom. The van der Waals surface area contributed by atoms with E-state index in [1.807, 2.05) is 6.07 Å². The number of aromatic nitrogens is 1. The summed E-state index contributed by atoms with van der Waals surface area (Å²) in [5.41, 5.74) is 3.34. The number of aryl methyl sites for hydroxylation is 1. The lowest BCUT2D eigenvalue weighted by atomic mass is 10.0. The van der Waals surface area contributed by atoms with Crippen molar-refractivity contribution >= 4 is 33.4 Å². The Bertz CT molecular complexity index is 843. The smallest absolute Gasteiger partial charge is 0.227 e. The molecule has 0 fully saturated rings. The van der Waals surface area contributed by atoms with Gasteiger partial charge in [-0.15, -0.1) is 0 Å². The van der Waals surface area contributed by atoms with Crippen molar-refractivity contribution in [3.63, 3.8) is 0 Å². The Morgan fingerprint density at radius 3 is 2.39 bits per heavy atom. The fourth-order valence-electron chi connectivity index (χ4n) is 3.38. The number of hydrogen-bond acceptors (Lipinski definition) is 1. The average Bonchev–Trinajstić information content (AvgIpc) is 2.89. The number of carbonyl (C=O) groups is 1. The van der Waals surface area contributed by atoms with Crippen LogP contribution in [0.2, 0.25) is 0 Å². The van der Waals surface area contributed by atoms with Crippen molar-refractivity contribution in [3.8, 4) is 0 Å². The predicted molar refractivity (Wildman–Crippen MR) is 97.8 cm³/mol. The number of rotatable bonds is 5. The average molecular weight is 308 g/mol. The molecule has 3 nitrogen and oxygen atoms in total. The number of anilines is 1. The summed E-state index contributed by atoms with van der Waals surface area (Å²) in [6.45, 7) is 7.22. The van der Waals surface area contributed by atoms with Gasteiger partial charge in [0.25, 0.3) is 0 Å². The Morgan fingerprint density at radius 1 is 1.00 bits per heavy atom. The zero-order valence-corrected chi connectivity index (χ0v) is 14.1. The number of nitrogens with zero attached hydrogens (tertiary/aromatic N) is 1. The van der Waals surface area contributed by atoms with Crippen LogP contribution in [-0.2, 0) is 11.3 Å². The van der Waals surface area contributed by atoms with Gasteiger partial charge in [-0.05, 0) is 44.0 Å². The quantitative estimate of drug-likeness (QED) is 0.691. The second-order valence-electron chi connectivity index (χ2n) is 6.00. The van der Waals surface area contributed by atoms with Crippen molar-refractivity contribution in [2.75, 3.05) is 5.32 Å². The first kappa shape index (κ1) is 15.6. The third kappa shape index (κ3) is 2.72. The molecule has 120 valence electrons. The highest BCUT2D eigenvalue weighted by molar-refractivity contribution is 6.09. The van der Waals surface area contributed by atoms with Crippen molar-refractivity contribution in [1.82, 2.24) is 4.57 Å². The second-order valence-corrected chi connectivity index (χ2v) is 6.00. The summed E-state index contributed by atoms with van der Waals surface area (Å²) < 4.78 is 2.32. The molecule has 0 bridgehead atoms. The molecule has 0 atom stereocenters. The Balaban J connectivity index is 2.05. The lowest BCUT2D eigenvalue weighted by Gasteiger charge is -2.13. The lowest BCUT2D eigenvalue weighted by Crippen LogP contribution is -2.21. The van der Waals surface area contributed by atoms with Gasteiger partial charge in [0.2, 0.25) is 5.91 Å². The summed E-state index contributed by atoms with van der Waals surface area (Å²) in [6.07, 6.45) is 1.75. The minimum Gasteiger partial charge on any atom is -0.341 e. The molecule has 23 heavy (non-hydrogen) atoms. The number of amides is 1. The molecule has 3 rings (SSSR count). The number of nitrogens with one attached hydrogen (secondary N) is 1. The molecule has 1 N–H and O–H groups in total. The van der Waals surface area contributed by atoms with Crippen LogP contribution in [-0.4, -0.2) is 10.5 Å². The fraction of sp³-hybridized carbons (Fsp3) is 0.350. The molecule has 0 radical (unpaired) electrons. The monoisotopic (exact) mass is 308 g/mol. The summed E-state index contributed by atoms with van der Waals surface area (Å²) in [6, 6.07) is 14.7. The lowest BCUT2D eigenvalue weighted by molar-refractivity contribution is -0.120. The minimum absolute atomic E-state index is 0.0858. The SMILES string of the molecule is CCC(CC)C(=O)Nc1ccc2c(c1)c1ccccc1n2CC. The Labute approximate surface area is 137 Å². The third-order valence-electron chi connectivity index (χ3n) is 4.71. The van der Waals surface area contributed by atoms with Crippen LogP contribution in [0.25, 0.3) is 21.8 Å². The van der Waals surface area contributed by atoms with Gasteiger partial charge in [0, 0.05) is 40.0 Å². The van der Waals surface area contributed by atoms with Crippen molar-refractivity contribution < 1.29 is 4.79 Å². The van der Waals surface area contributed by atoms with E-state index in [9.17, 15) is 4.79 Å². The number of carbonyl (C=O) groups excluding carboxylic acids is 1. The van der Waals surface area contributed by atoms with Crippen molar-refractivity contribution in [2.45, 2.75) is 40.2 Å². The van der Waals surface area contributed by atoms with Gasteiger partial charge in [-0.3, -0.25) is 4.79 Å². The van der Waals surface area contributed by atoms with Crippen LogP contribution >= 0.6 is 0 Å². The number of benzene rings is 2. The first-order valence-electron chi connectivity index (χ1n) is 8.51. The van der Waals surface area contributed by atoms with Crippen LogP contribution in [0.3, 0.4) is 0 Å². The van der Waals surface area contributed by atoms with Crippen molar-refractivity contribution in [1.29, 1.82) is 0 Å². The molecule has 0 spiro atoms. The van der Waals surface area contributed by atoms with Gasteiger partial charge in [-0.2, -0.15) is 0 Å². The second kappa shape index (κ2) is 6.45. The summed E-state index contributed by atoms with van der Waals surface area (Å²) >= 11 is 0. The van der Waals surface area contributed by atoms with Crippen LogP contribution in [0.5, 0.6) is 0 Å². The maximum Gasteiger partial charge on any atom is 0.227 e. The molecule has 3 aromatic rings. The first-order chi connectivity index (χ1) is 11.2. The molecule has 1 aromatic heterocycles. The number of fused-ring (bicyclic) bond motifs is 3. The van der Waals surface area contributed by atoms with Crippen LogP contribution < -0.4 is 5.32 Å². The molecular formula is C20H24N2O. The molecule has 3 heteroatoms. The Hall–Kier alpha value is -2.29. The van der Waals surface area contributed by atoms with E-state index >= 15 is 0 Å². The topological polar surface area (TPSA) is 34.0 Å². The van der Waals surface area contributed by atoms with E-state index in [1.165, 1.54) is 21.8 Å². The molecule has 1 amide bonds. The molecule has 0 saturated carbocycles. The number of para-hydroxylation sites is 1. The summed E-state index contributed by atoms with van der Waals surface area (Å²) in [4.78, 5) is 12.3. The third-order valence-corrected chi connectivity index (χ3v) is 4.71. The van der Waals surface area contributed by atoms with Crippen LogP contribution in [0, 0.1) is 5.92 Å². The molecule has 0 saturated heterocycles.